The van der Waals surface area contributed by atoms with Crippen LogP contribution in [0.3, 0.4) is 0 Å². The molecule has 1 unspecified atom stereocenters. The number of hydrogen-bond acceptors (Lipinski definition) is 5. The van der Waals surface area contributed by atoms with Crippen LogP contribution in [0.25, 0.3) is 11.3 Å². The quantitative estimate of drug-likeness (QED) is 0.653. The highest BCUT2D eigenvalue weighted by Gasteiger charge is 2.30. The molecule has 0 radical (unpaired) electrons. The first-order valence-electron chi connectivity index (χ1n) is 7.79. The summed E-state index contributed by atoms with van der Waals surface area (Å²) in [5.74, 6) is -0.489. The van der Waals surface area contributed by atoms with Gasteiger partial charge in [-0.2, -0.15) is 13.2 Å². The van der Waals surface area contributed by atoms with Crippen LogP contribution in [0.1, 0.15) is 32.6 Å². The highest BCUT2D eigenvalue weighted by molar-refractivity contribution is 7.10. The van der Waals surface area contributed by atoms with Gasteiger partial charge >= 0.3 is 12.1 Å². The first-order valence-corrected chi connectivity index (χ1v) is 8.67. The highest BCUT2D eigenvalue weighted by Crippen LogP contribution is 2.34. The van der Waals surface area contributed by atoms with Gasteiger partial charge in [0.2, 0.25) is 0 Å². The van der Waals surface area contributed by atoms with Gasteiger partial charge in [0, 0.05) is 10.9 Å². The molecule has 1 N–H and O–H groups in total. The van der Waals surface area contributed by atoms with E-state index in [1.807, 2.05) is 0 Å². The van der Waals surface area contributed by atoms with Crippen molar-refractivity contribution in [2.75, 3.05) is 7.11 Å². The molecule has 2 aromatic carbocycles. The van der Waals surface area contributed by atoms with Gasteiger partial charge in [0.25, 0.3) is 0 Å². The summed E-state index contributed by atoms with van der Waals surface area (Å²) in [5, 5.41) is 12.4. The summed E-state index contributed by atoms with van der Waals surface area (Å²) in [6.45, 7) is 0. The average molecular weight is 393 g/mol. The van der Waals surface area contributed by atoms with Crippen LogP contribution in [-0.2, 0) is 10.9 Å². The summed E-state index contributed by atoms with van der Waals surface area (Å²) in [7, 11) is 1.27. The number of rotatable bonds is 4. The van der Waals surface area contributed by atoms with E-state index in [9.17, 15) is 23.1 Å². The molecule has 4 nitrogen and oxygen atoms in total. The van der Waals surface area contributed by atoms with Crippen LogP contribution >= 0.6 is 11.3 Å². The van der Waals surface area contributed by atoms with E-state index in [4.69, 9.17) is 0 Å². The van der Waals surface area contributed by atoms with E-state index in [-0.39, 0.29) is 0 Å². The second kappa shape index (κ2) is 7.50. The number of carbonyl (C=O) groups excluding carboxylic acids is 1. The maximum absolute atomic E-state index is 12.9. The minimum absolute atomic E-state index is 0.320. The molecule has 3 aromatic rings. The highest BCUT2D eigenvalue weighted by atomic mass is 32.1. The third-order valence-corrected chi connectivity index (χ3v) is 4.79. The number of aliphatic hydroxyl groups is 1. The van der Waals surface area contributed by atoms with Crippen molar-refractivity contribution in [2.24, 2.45) is 0 Å². The molecule has 8 heteroatoms. The third kappa shape index (κ3) is 4.17. The monoisotopic (exact) mass is 393 g/mol. The number of hydrogen-bond donors (Lipinski definition) is 1. The number of halogens is 3. The Morgan fingerprint density at radius 3 is 2.52 bits per heavy atom. The number of alkyl halides is 3. The molecule has 0 fully saturated rings. The molecular formula is C19H14F3NO3S. The molecule has 3 rings (SSSR count). The topological polar surface area (TPSA) is 59.4 Å². The zero-order valence-electron chi connectivity index (χ0n) is 14.0. The first-order chi connectivity index (χ1) is 12.8. The molecule has 0 aliphatic carbocycles. The lowest BCUT2D eigenvalue weighted by Gasteiger charge is -2.09. The molecule has 1 heterocycles. The second-order valence-electron chi connectivity index (χ2n) is 5.67. The van der Waals surface area contributed by atoms with E-state index in [0.717, 1.165) is 23.5 Å². The molecular weight excluding hydrogens is 379 g/mol. The fourth-order valence-electron chi connectivity index (χ4n) is 2.46. The Labute approximate surface area is 156 Å². The van der Waals surface area contributed by atoms with E-state index in [2.05, 4.69) is 9.72 Å². The van der Waals surface area contributed by atoms with Gasteiger partial charge < -0.3 is 9.84 Å². The first kappa shape index (κ1) is 19.1. The number of benzene rings is 2. The smallest absolute Gasteiger partial charge is 0.416 e. The molecule has 0 aliphatic rings. The molecule has 1 aromatic heterocycles. The minimum atomic E-state index is -4.43. The van der Waals surface area contributed by atoms with Gasteiger partial charge in [0.05, 0.1) is 23.9 Å². The van der Waals surface area contributed by atoms with Crippen molar-refractivity contribution in [3.63, 3.8) is 0 Å². The van der Waals surface area contributed by atoms with Crippen molar-refractivity contribution in [2.45, 2.75) is 12.3 Å². The largest absolute Gasteiger partial charge is 0.465 e. The van der Waals surface area contributed by atoms with E-state index < -0.39 is 23.8 Å². The summed E-state index contributed by atoms with van der Waals surface area (Å²) in [4.78, 5) is 15.7. The molecule has 0 bridgehead atoms. The number of carbonyl (C=O) groups is 1. The summed E-state index contributed by atoms with van der Waals surface area (Å²) < 4.78 is 43.2. The normalized spacial score (nSPS) is 12.6. The summed E-state index contributed by atoms with van der Waals surface area (Å²) >= 11 is 1.14. The van der Waals surface area contributed by atoms with Crippen LogP contribution in [0.5, 0.6) is 0 Å². The summed E-state index contributed by atoms with van der Waals surface area (Å²) in [5.41, 5.74) is 0.769. The number of aromatic nitrogens is 1. The molecule has 27 heavy (non-hydrogen) atoms. The number of nitrogens with zero attached hydrogens (tertiary/aromatic N) is 1. The Morgan fingerprint density at radius 1 is 1.19 bits per heavy atom. The predicted molar refractivity (Wildman–Crippen MR) is 94.4 cm³/mol. The number of thiazole rings is 1. The Kier molecular flexibility index (Phi) is 5.29. The van der Waals surface area contributed by atoms with Crippen LogP contribution < -0.4 is 0 Å². The van der Waals surface area contributed by atoms with Crippen LogP contribution in [0.4, 0.5) is 13.2 Å². The molecule has 1 atom stereocenters. The van der Waals surface area contributed by atoms with Crippen LogP contribution in [0.2, 0.25) is 0 Å². The van der Waals surface area contributed by atoms with Gasteiger partial charge in [0.15, 0.2) is 0 Å². The van der Waals surface area contributed by atoms with Crippen molar-refractivity contribution in [1.29, 1.82) is 0 Å². The van der Waals surface area contributed by atoms with E-state index in [1.54, 1.807) is 17.5 Å². The van der Waals surface area contributed by atoms with Crippen LogP contribution in [0, 0.1) is 0 Å². The third-order valence-electron chi connectivity index (χ3n) is 3.89. The fraction of sp³-hybridized carbons (Fsp3) is 0.158. The van der Waals surface area contributed by atoms with Gasteiger partial charge in [-0.15, -0.1) is 11.3 Å². The maximum Gasteiger partial charge on any atom is 0.416 e. The molecule has 0 aliphatic heterocycles. The Bertz CT molecular complexity index is 951. The lowest BCUT2D eigenvalue weighted by molar-refractivity contribution is -0.137. The van der Waals surface area contributed by atoms with Gasteiger partial charge in [0.1, 0.15) is 11.1 Å². The average Bonchev–Trinajstić information content (AvgIpc) is 3.16. The van der Waals surface area contributed by atoms with Crippen molar-refractivity contribution < 1.29 is 27.8 Å². The van der Waals surface area contributed by atoms with Crippen molar-refractivity contribution in [1.82, 2.24) is 4.98 Å². The van der Waals surface area contributed by atoms with Gasteiger partial charge in [-0.1, -0.05) is 24.3 Å². The molecule has 0 amide bonds. The van der Waals surface area contributed by atoms with E-state index in [0.29, 0.717) is 27.4 Å². The molecule has 0 spiro atoms. The van der Waals surface area contributed by atoms with Gasteiger partial charge in [-0.05, 0) is 29.8 Å². The molecule has 0 saturated heterocycles. The Morgan fingerprint density at radius 2 is 1.89 bits per heavy atom. The SMILES string of the molecule is COC(=O)c1ccc(C(O)c2nc(-c3cccc(C(F)(F)F)c3)cs2)cc1. The Hall–Kier alpha value is -2.71. The standard InChI is InChI=1S/C19H14F3NO3S/c1-26-18(25)12-7-5-11(6-8-12)16(24)17-23-15(10-27-17)13-3-2-4-14(9-13)19(20,21)22/h2-10,16,24H,1H3. The fourth-order valence-corrected chi connectivity index (χ4v) is 3.30. The summed E-state index contributed by atoms with van der Waals surface area (Å²) in [6, 6.07) is 11.1. The maximum atomic E-state index is 12.9. The van der Waals surface area contributed by atoms with E-state index >= 15 is 0 Å². The second-order valence-corrected chi connectivity index (χ2v) is 6.56. The van der Waals surface area contributed by atoms with Crippen molar-refractivity contribution in [3.8, 4) is 11.3 Å². The predicted octanol–water partition coefficient (Wildman–Crippen LogP) is 4.70. The van der Waals surface area contributed by atoms with Crippen molar-refractivity contribution in [3.05, 3.63) is 75.6 Å². The minimum Gasteiger partial charge on any atom is -0.465 e. The van der Waals surface area contributed by atoms with Gasteiger partial charge in [-0.3, -0.25) is 0 Å². The van der Waals surface area contributed by atoms with Gasteiger partial charge in [-0.25, -0.2) is 9.78 Å². The lowest BCUT2D eigenvalue weighted by atomic mass is 10.1. The number of ether oxygens (including phenoxy) is 1. The van der Waals surface area contributed by atoms with Crippen LogP contribution in [0.15, 0.2) is 53.9 Å². The van der Waals surface area contributed by atoms with E-state index in [1.165, 1.54) is 31.4 Å². The molecule has 140 valence electrons. The number of esters is 1. The Balaban J connectivity index is 1.84. The zero-order chi connectivity index (χ0) is 19.6. The number of aliphatic hydroxyl groups excluding tert-OH is 1. The van der Waals surface area contributed by atoms with Crippen LogP contribution in [-0.4, -0.2) is 23.2 Å². The van der Waals surface area contributed by atoms with Crippen molar-refractivity contribution >= 4 is 17.3 Å². The summed E-state index contributed by atoms with van der Waals surface area (Å²) in [6.07, 6.45) is -5.49. The number of methoxy groups -OCH3 is 1. The zero-order valence-corrected chi connectivity index (χ0v) is 14.8. The molecule has 0 saturated carbocycles. The lowest BCUT2D eigenvalue weighted by Crippen LogP contribution is -2.04.